The Morgan fingerprint density at radius 1 is 0.708 bits per heavy atom. The van der Waals surface area contributed by atoms with Crippen molar-refractivity contribution in [3.05, 3.63) is 0 Å². The summed E-state index contributed by atoms with van der Waals surface area (Å²) in [5.74, 6) is 4.59. The Bertz CT molecular complexity index is 442. The van der Waals surface area contributed by atoms with Crippen LogP contribution < -0.4 is 0 Å². The molecule has 0 amide bonds. The summed E-state index contributed by atoms with van der Waals surface area (Å²) < 4.78 is 18.2. The number of rotatable bonds is 3. The molecule has 4 aliphatic carbocycles. The van der Waals surface area contributed by atoms with E-state index in [1.54, 1.807) is 0 Å². The standard InChI is InChI=1S/C21H36O3/c1-21(24-4)12-11-16-17(21)10-9-14-13-7-5-6-8-15(13)19(22-2)20(23-3)18(14)16/h13-20H,5-12H2,1-4H3. The van der Waals surface area contributed by atoms with Crippen molar-refractivity contribution in [1.29, 1.82) is 0 Å². The normalized spacial score (nSPS) is 54.0. The first-order valence-electron chi connectivity index (χ1n) is 10.3. The molecule has 0 aliphatic heterocycles. The molecule has 0 bridgehead atoms. The van der Waals surface area contributed by atoms with Gasteiger partial charge in [-0.2, -0.15) is 0 Å². The van der Waals surface area contributed by atoms with E-state index in [2.05, 4.69) is 6.92 Å². The van der Waals surface area contributed by atoms with Crippen LogP contribution in [0.25, 0.3) is 0 Å². The maximum Gasteiger partial charge on any atom is 0.0869 e. The van der Waals surface area contributed by atoms with Gasteiger partial charge in [0.1, 0.15) is 0 Å². The first-order chi connectivity index (χ1) is 11.6. The molecule has 0 heterocycles. The lowest BCUT2D eigenvalue weighted by atomic mass is 9.51. The minimum atomic E-state index is 0.0832. The minimum Gasteiger partial charge on any atom is -0.378 e. The Labute approximate surface area is 147 Å². The SMILES string of the molecule is COC1C2CCCCC2C2CCC3C(CCC3(C)OC)C2C1OC. The molecule has 3 nitrogen and oxygen atoms in total. The van der Waals surface area contributed by atoms with E-state index >= 15 is 0 Å². The third-order valence-corrected chi connectivity index (χ3v) is 8.64. The summed E-state index contributed by atoms with van der Waals surface area (Å²) in [6, 6.07) is 0. The first-order valence-corrected chi connectivity index (χ1v) is 10.3. The highest BCUT2D eigenvalue weighted by Crippen LogP contribution is 2.61. The predicted octanol–water partition coefficient (Wildman–Crippen LogP) is 4.29. The third kappa shape index (κ3) is 2.41. The van der Waals surface area contributed by atoms with Crippen molar-refractivity contribution in [2.24, 2.45) is 35.5 Å². The molecule has 24 heavy (non-hydrogen) atoms. The van der Waals surface area contributed by atoms with E-state index in [-0.39, 0.29) is 11.7 Å². The molecular formula is C21H36O3. The number of methoxy groups -OCH3 is 3. The largest absolute Gasteiger partial charge is 0.378 e. The van der Waals surface area contributed by atoms with E-state index in [0.29, 0.717) is 17.9 Å². The molecule has 4 aliphatic rings. The molecule has 0 aromatic heterocycles. The van der Waals surface area contributed by atoms with Gasteiger partial charge in [-0.05, 0) is 81.0 Å². The Morgan fingerprint density at radius 3 is 2.08 bits per heavy atom. The first kappa shape index (κ1) is 17.3. The van der Waals surface area contributed by atoms with E-state index < -0.39 is 0 Å². The summed E-state index contributed by atoms with van der Waals surface area (Å²) in [5.41, 5.74) is 0.0832. The van der Waals surface area contributed by atoms with Gasteiger partial charge in [-0.3, -0.25) is 0 Å². The second kappa shape index (κ2) is 6.55. The van der Waals surface area contributed by atoms with Gasteiger partial charge in [-0.25, -0.2) is 0 Å². The highest BCUT2D eigenvalue weighted by molar-refractivity contribution is 5.09. The lowest BCUT2D eigenvalue weighted by molar-refractivity contribution is -0.195. The lowest BCUT2D eigenvalue weighted by Gasteiger charge is -2.58. The zero-order valence-electron chi connectivity index (χ0n) is 16.0. The Hall–Kier alpha value is -0.120. The topological polar surface area (TPSA) is 27.7 Å². The molecular weight excluding hydrogens is 300 g/mol. The number of hydrogen-bond donors (Lipinski definition) is 0. The van der Waals surface area contributed by atoms with Crippen LogP contribution in [0.1, 0.15) is 58.3 Å². The van der Waals surface area contributed by atoms with Crippen LogP contribution in [0.15, 0.2) is 0 Å². The summed E-state index contributed by atoms with van der Waals surface area (Å²) >= 11 is 0. The fourth-order valence-corrected chi connectivity index (χ4v) is 7.59. The minimum absolute atomic E-state index is 0.0832. The number of fused-ring (bicyclic) bond motifs is 5. The van der Waals surface area contributed by atoms with Gasteiger partial charge in [0.15, 0.2) is 0 Å². The van der Waals surface area contributed by atoms with Gasteiger partial charge in [0.25, 0.3) is 0 Å². The lowest BCUT2D eigenvalue weighted by Crippen LogP contribution is -2.59. The molecule has 0 radical (unpaired) electrons. The van der Waals surface area contributed by atoms with E-state index in [1.807, 2.05) is 21.3 Å². The zero-order chi connectivity index (χ0) is 16.9. The van der Waals surface area contributed by atoms with Gasteiger partial charge in [0.2, 0.25) is 0 Å². The average Bonchev–Trinajstić information content (AvgIpc) is 2.98. The zero-order valence-corrected chi connectivity index (χ0v) is 16.0. The molecule has 3 heteroatoms. The van der Waals surface area contributed by atoms with Crippen LogP contribution in [-0.4, -0.2) is 39.1 Å². The molecule has 0 spiro atoms. The molecule has 0 aromatic rings. The molecule has 9 unspecified atom stereocenters. The Balaban J connectivity index is 1.67. The van der Waals surface area contributed by atoms with Crippen molar-refractivity contribution >= 4 is 0 Å². The van der Waals surface area contributed by atoms with Crippen LogP contribution in [0.4, 0.5) is 0 Å². The van der Waals surface area contributed by atoms with Crippen LogP contribution >= 0.6 is 0 Å². The maximum absolute atomic E-state index is 6.16. The molecule has 0 saturated heterocycles. The number of ether oxygens (including phenoxy) is 3. The van der Waals surface area contributed by atoms with Gasteiger partial charge in [-0.15, -0.1) is 0 Å². The van der Waals surface area contributed by atoms with Crippen LogP contribution in [0.3, 0.4) is 0 Å². The van der Waals surface area contributed by atoms with E-state index in [9.17, 15) is 0 Å². The molecule has 4 rings (SSSR count). The quantitative estimate of drug-likeness (QED) is 0.769. The fourth-order valence-electron chi connectivity index (χ4n) is 7.59. The van der Waals surface area contributed by atoms with Crippen molar-refractivity contribution in [2.45, 2.75) is 76.1 Å². The summed E-state index contributed by atoms with van der Waals surface area (Å²) in [7, 11) is 5.75. The second-order valence-corrected chi connectivity index (χ2v) is 9.16. The van der Waals surface area contributed by atoms with Crippen LogP contribution in [-0.2, 0) is 14.2 Å². The van der Waals surface area contributed by atoms with Gasteiger partial charge in [-0.1, -0.05) is 12.8 Å². The van der Waals surface area contributed by atoms with Gasteiger partial charge < -0.3 is 14.2 Å². The third-order valence-electron chi connectivity index (χ3n) is 8.64. The summed E-state index contributed by atoms with van der Waals surface area (Å²) in [6.45, 7) is 2.35. The van der Waals surface area contributed by atoms with Crippen LogP contribution in [0.5, 0.6) is 0 Å². The molecule has 0 N–H and O–H groups in total. The average molecular weight is 337 g/mol. The van der Waals surface area contributed by atoms with Crippen molar-refractivity contribution in [3.63, 3.8) is 0 Å². The molecule has 0 aromatic carbocycles. The summed E-state index contributed by atoms with van der Waals surface area (Å²) in [4.78, 5) is 0. The molecule has 138 valence electrons. The molecule has 4 saturated carbocycles. The van der Waals surface area contributed by atoms with E-state index in [0.717, 1.165) is 23.7 Å². The van der Waals surface area contributed by atoms with Gasteiger partial charge in [0, 0.05) is 21.3 Å². The van der Waals surface area contributed by atoms with Crippen LogP contribution in [0, 0.1) is 35.5 Å². The van der Waals surface area contributed by atoms with Gasteiger partial charge >= 0.3 is 0 Å². The van der Waals surface area contributed by atoms with E-state index in [4.69, 9.17) is 14.2 Å². The maximum atomic E-state index is 6.16. The summed E-state index contributed by atoms with van der Waals surface area (Å²) in [6.07, 6.45) is 11.4. The monoisotopic (exact) mass is 336 g/mol. The smallest absolute Gasteiger partial charge is 0.0869 e. The van der Waals surface area contributed by atoms with Crippen LogP contribution in [0.2, 0.25) is 0 Å². The van der Waals surface area contributed by atoms with Crippen molar-refractivity contribution in [1.82, 2.24) is 0 Å². The number of hydrogen-bond acceptors (Lipinski definition) is 3. The highest BCUT2D eigenvalue weighted by atomic mass is 16.5. The summed E-state index contributed by atoms with van der Waals surface area (Å²) in [5, 5.41) is 0. The van der Waals surface area contributed by atoms with Crippen molar-refractivity contribution < 1.29 is 14.2 Å². The van der Waals surface area contributed by atoms with Crippen molar-refractivity contribution in [2.75, 3.05) is 21.3 Å². The fraction of sp³-hybridized carbons (Fsp3) is 1.00. The Kier molecular flexibility index (Phi) is 4.73. The van der Waals surface area contributed by atoms with Gasteiger partial charge in [0.05, 0.1) is 17.8 Å². The molecule has 9 atom stereocenters. The second-order valence-electron chi connectivity index (χ2n) is 9.16. The van der Waals surface area contributed by atoms with Crippen molar-refractivity contribution in [3.8, 4) is 0 Å². The predicted molar refractivity (Wildman–Crippen MR) is 94.9 cm³/mol. The highest BCUT2D eigenvalue weighted by Gasteiger charge is 2.60. The Morgan fingerprint density at radius 2 is 1.42 bits per heavy atom. The molecule has 4 fully saturated rings. The van der Waals surface area contributed by atoms with E-state index in [1.165, 1.54) is 51.4 Å².